The maximum Gasteiger partial charge on any atom is 0.0442 e. The highest BCUT2D eigenvalue weighted by Crippen LogP contribution is 2.25. The second-order valence-corrected chi connectivity index (χ2v) is 6.78. The Hall–Kier alpha value is -1.09. The van der Waals surface area contributed by atoms with E-state index in [0.717, 1.165) is 12.5 Å². The lowest BCUT2D eigenvalue weighted by Gasteiger charge is -2.33. The topological polar surface area (TPSA) is 28.2 Å². The van der Waals surface area contributed by atoms with E-state index >= 15 is 0 Å². The fraction of sp³-hybridized carbons (Fsp3) is 0.688. The molecule has 0 unspecified atom stereocenters. The zero-order chi connectivity index (χ0) is 13.9. The van der Waals surface area contributed by atoms with Gasteiger partial charge in [0.25, 0.3) is 0 Å². The van der Waals surface area contributed by atoms with E-state index in [1.165, 1.54) is 37.2 Å². The van der Waals surface area contributed by atoms with Crippen LogP contribution in [0, 0.1) is 5.92 Å². The normalized spacial score (nSPS) is 17.8. The molecule has 2 rings (SSSR count). The zero-order valence-corrected chi connectivity index (χ0v) is 12.7. The van der Waals surface area contributed by atoms with Crippen LogP contribution in [0.2, 0.25) is 0 Å². The van der Waals surface area contributed by atoms with Crippen LogP contribution in [0.25, 0.3) is 0 Å². The van der Waals surface area contributed by atoms with E-state index < -0.39 is 0 Å². The van der Waals surface area contributed by atoms with Gasteiger partial charge in [-0.15, -0.1) is 0 Å². The third-order valence-electron chi connectivity index (χ3n) is 3.81. The third-order valence-corrected chi connectivity index (χ3v) is 3.81. The number of hydrogen-bond donors (Lipinski definition) is 1. The molecule has 1 N–H and O–H groups in total. The molecular formula is C16H27N3. The molecular weight excluding hydrogens is 234 g/mol. The predicted molar refractivity (Wildman–Crippen MR) is 81.4 cm³/mol. The average Bonchev–Trinajstić information content (AvgIpc) is 2.37. The molecule has 0 atom stereocenters. The van der Waals surface area contributed by atoms with Gasteiger partial charge in [0.05, 0.1) is 0 Å². The number of aromatic nitrogens is 1. The molecule has 1 aromatic heterocycles. The fourth-order valence-corrected chi connectivity index (χ4v) is 2.47. The Labute approximate surface area is 117 Å². The first-order valence-electron chi connectivity index (χ1n) is 7.38. The van der Waals surface area contributed by atoms with E-state index in [1.54, 1.807) is 0 Å². The van der Waals surface area contributed by atoms with Gasteiger partial charge in [-0.3, -0.25) is 4.98 Å². The van der Waals surface area contributed by atoms with Crippen LogP contribution in [-0.2, 0) is 6.54 Å². The van der Waals surface area contributed by atoms with E-state index in [-0.39, 0.29) is 5.54 Å². The molecule has 106 valence electrons. The smallest absolute Gasteiger partial charge is 0.0442 e. The summed E-state index contributed by atoms with van der Waals surface area (Å²) >= 11 is 0. The molecule has 3 nitrogen and oxygen atoms in total. The summed E-state index contributed by atoms with van der Waals surface area (Å²) in [6.07, 6.45) is 6.52. The van der Waals surface area contributed by atoms with Crippen LogP contribution in [0.15, 0.2) is 18.5 Å². The van der Waals surface area contributed by atoms with Gasteiger partial charge in [0.1, 0.15) is 0 Å². The van der Waals surface area contributed by atoms with Gasteiger partial charge in [-0.2, -0.15) is 0 Å². The summed E-state index contributed by atoms with van der Waals surface area (Å²) in [5.41, 5.74) is 2.81. The average molecular weight is 261 g/mol. The van der Waals surface area contributed by atoms with E-state index in [9.17, 15) is 0 Å². The molecule has 0 radical (unpaired) electrons. The molecule has 0 bridgehead atoms. The van der Waals surface area contributed by atoms with Gasteiger partial charge in [-0.25, -0.2) is 0 Å². The molecule has 1 saturated heterocycles. The van der Waals surface area contributed by atoms with Crippen molar-refractivity contribution in [2.24, 2.45) is 5.92 Å². The predicted octanol–water partition coefficient (Wildman–Crippen LogP) is 3.21. The molecule has 19 heavy (non-hydrogen) atoms. The molecule has 1 fully saturated rings. The quantitative estimate of drug-likeness (QED) is 0.905. The molecule has 0 saturated carbocycles. The zero-order valence-electron chi connectivity index (χ0n) is 12.7. The largest absolute Gasteiger partial charge is 0.371 e. The molecule has 0 aromatic carbocycles. The highest BCUT2D eigenvalue weighted by Gasteiger charge is 2.19. The third kappa shape index (κ3) is 4.20. The Morgan fingerprint density at radius 3 is 2.63 bits per heavy atom. The van der Waals surface area contributed by atoms with Crippen LogP contribution in [0.4, 0.5) is 5.69 Å². The molecule has 0 amide bonds. The van der Waals surface area contributed by atoms with Crippen molar-refractivity contribution in [3.63, 3.8) is 0 Å². The number of nitrogens with zero attached hydrogens (tertiary/aromatic N) is 2. The van der Waals surface area contributed by atoms with Crippen molar-refractivity contribution in [2.75, 3.05) is 18.0 Å². The summed E-state index contributed by atoms with van der Waals surface area (Å²) in [7, 11) is 0. The van der Waals surface area contributed by atoms with Crippen LogP contribution in [-0.4, -0.2) is 23.6 Å². The molecule has 1 aromatic rings. The molecule has 2 heterocycles. The van der Waals surface area contributed by atoms with Gasteiger partial charge in [0.2, 0.25) is 0 Å². The van der Waals surface area contributed by atoms with Gasteiger partial charge in [0.15, 0.2) is 0 Å². The molecule has 0 aliphatic carbocycles. The van der Waals surface area contributed by atoms with Crippen molar-refractivity contribution < 1.29 is 0 Å². The number of piperidine rings is 1. The Bertz CT molecular complexity index is 401. The van der Waals surface area contributed by atoms with E-state index in [0.29, 0.717) is 0 Å². The number of hydrogen-bond acceptors (Lipinski definition) is 3. The van der Waals surface area contributed by atoms with Crippen molar-refractivity contribution in [1.29, 1.82) is 0 Å². The van der Waals surface area contributed by atoms with Crippen LogP contribution in [0.5, 0.6) is 0 Å². The minimum Gasteiger partial charge on any atom is -0.371 e. The summed E-state index contributed by atoms with van der Waals surface area (Å²) in [5.74, 6) is 0.870. The first-order valence-corrected chi connectivity index (χ1v) is 7.38. The maximum atomic E-state index is 4.29. The molecule has 0 spiro atoms. The highest BCUT2D eigenvalue weighted by molar-refractivity contribution is 5.52. The number of pyridine rings is 1. The Kier molecular flexibility index (Phi) is 4.46. The summed E-state index contributed by atoms with van der Waals surface area (Å²) < 4.78 is 0. The first kappa shape index (κ1) is 14.3. The standard InChI is InChI=1S/C16H27N3/c1-13-6-9-19(10-7-13)15-5-8-17-11-14(15)12-18-16(2,3)4/h5,8,11,13,18H,6-7,9-10,12H2,1-4H3. The van der Waals surface area contributed by atoms with E-state index in [2.05, 4.69) is 49.0 Å². The Morgan fingerprint density at radius 2 is 2.00 bits per heavy atom. The van der Waals surface area contributed by atoms with E-state index in [1.807, 2.05) is 12.4 Å². The molecule has 3 heteroatoms. The first-order chi connectivity index (χ1) is 8.96. The van der Waals surface area contributed by atoms with Gasteiger partial charge in [-0.1, -0.05) is 6.92 Å². The number of nitrogens with one attached hydrogen (secondary N) is 1. The van der Waals surface area contributed by atoms with Crippen molar-refractivity contribution in [3.8, 4) is 0 Å². The number of rotatable bonds is 3. The SMILES string of the molecule is CC1CCN(c2ccncc2CNC(C)(C)C)CC1. The van der Waals surface area contributed by atoms with Gasteiger partial charge in [0, 0.05) is 48.8 Å². The lowest BCUT2D eigenvalue weighted by atomic mass is 9.98. The summed E-state index contributed by atoms with van der Waals surface area (Å²) in [4.78, 5) is 6.80. The lowest BCUT2D eigenvalue weighted by molar-refractivity contribution is 0.420. The Morgan fingerprint density at radius 1 is 1.32 bits per heavy atom. The van der Waals surface area contributed by atoms with Crippen molar-refractivity contribution in [1.82, 2.24) is 10.3 Å². The fourth-order valence-electron chi connectivity index (χ4n) is 2.47. The number of anilines is 1. The van der Waals surface area contributed by atoms with Gasteiger partial charge < -0.3 is 10.2 Å². The van der Waals surface area contributed by atoms with Crippen LogP contribution < -0.4 is 10.2 Å². The van der Waals surface area contributed by atoms with Crippen LogP contribution >= 0.6 is 0 Å². The van der Waals surface area contributed by atoms with Crippen molar-refractivity contribution >= 4 is 5.69 Å². The second kappa shape index (κ2) is 5.91. The molecule has 1 aliphatic rings. The summed E-state index contributed by atoms with van der Waals surface area (Å²) in [6.45, 7) is 12.2. The summed E-state index contributed by atoms with van der Waals surface area (Å²) in [6, 6.07) is 2.16. The van der Waals surface area contributed by atoms with E-state index in [4.69, 9.17) is 0 Å². The molecule has 1 aliphatic heterocycles. The van der Waals surface area contributed by atoms with Crippen LogP contribution in [0.1, 0.15) is 46.1 Å². The maximum absolute atomic E-state index is 4.29. The minimum atomic E-state index is 0.142. The van der Waals surface area contributed by atoms with Crippen molar-refractivity contribution in [2.45, 2.75) is 52.6 Å². The monoisotopic (exact) mass is 261 g/mol. The van der Waals surface area contributed by atoms with Gasteiger partial charge in [-0.05, 0) is 45.6 Å². The second-order valence-electron chi connectivity index (χ2n) is 6.78. The minimum absolute atomic E-state index is 0.142. The van der Waals surface area contributed by atoms with Gasteiger partial charge >= 0.3 is 0 Å². The lowest BCUT2D eigenvalue weighted by Crippen LogP contribution is -2.37. The Balaban J connectivity index is 2.08. The highest BCUT2D eigenvalue weighted by atomic mass is 15.1. The summed E-state index contributed by atoms with van der Waals surface area (Å²) in [5, 5.41) is 3.56. The van der Waals surface area contributed by atoms with Crippen LogP contribution in [0.3, 0.4) is 0 Å². The van der Waals surface area contributed by atoms with Crippen molar-refractivity contribution in [3.05, 3.63) is 24.0 Å².